The lowest BCUT2D eigenvalue weighted by Crippen LogP contribution is -2.43. The Morgan fingerprint density at radius 2 is 1.77 bits per heavy atom. The van der Waals surface area contributed by atoms with Gasteiger partial charge in [-0.3, -0.25) is 4.79 Å². The van der Waals surface area contributed by atoms with Gasteiger partial charge in [0.1, 0.15) is 0 Å². The van der Waals surface area contributed by atoms with Gasteiger partial charge in [0.05, 0.1) is 0 Å². The van der Waals surface area contributed by atoms with Crippen LogP contribution in [0.3, 0.4) is 0 Å². The van der Waals surface area contributed by atoms with E-state index in [2.05, 4.69) is 25.7 Å². The Bertz CT molecular complexity index is 272. The van der Waals surface area contributed by atoms with Crippen molar-refractivity contribution >= 4 is 5.91 Å². The number of hydrogen-bond acceptors (Lipinski definition) is 3. The number of amides is 1. The van der Waals surface area contributed by atoms with E-state index in [4.69, 9.17) is 5.73 Å². The van der Waals surface area contributed by atoms with E-state index in [1.165, 1.54) is 0 Å². The van der Waals surface area contributed by atoms with Gasteiger partial charge in [0.15, 0.2) is 0 Å². The Labute approximate surface area is 138 Å². The summed E-state index contributed by atoms with van der Waals surface area (Å²) in [6.07, 6.45) is 5.16. The predicted molar refractivity (Wildman–Crippen MR) is 98.0 cm³/mol. The molecule has 1 atom stereocenters. The van der Waals surface area contributed by atoms with Crippen molar-refractivity contribution in [1.29, 1.82) is 0 Å². The highest BCUT2D eigenvalue weighted by Crippen LogP contribution is 2.11. The first kappa shape index (κ1) is 23.4. The van der Waals surface area contributed by atoms with Crippen LogP contribution in [-0.2, 0) is 4.79 Å². The second-order valence-corrected chi connectivity index (χ2v) is 5.42. The minimum atomic E-state index is 0.223. The molecule has 0 aromatic rings. The molecular formula is C18H39N3O. The molecule has 0 aromatic carbocycles. The molecule has 3 N–H and O–H groups in total. The Balaban J connectivity index is 0. The van der Waals surface area contributed by atoms with E-state index in [0.717, 1.165) is 32.4 Å². The average Bonchev–Trinajstić information content (AvgIpc) is 2.55. The standard InChI is InChI=1S/C14H27N3O.2C2H6/c1-4-13(16-11(2)3)5-6-14(18)17-9-7-12(15)8-10-17;2*1-2/h4,11-13,16H,1,5-10,15H2,2-3H3;2*1-2H3. The quantitative estimate of drug-likeness (QED) is 0.740. The molecular weight excluding hydrogens is 274 g/mol. The number of nitrogens with zero attached hydrogens (tertiary/aromatic N) is 1. The fraction of sp³-hybridized carbons (Fsp3) is 0.833. The monoisotopic (exact) mass is 313 g/mol. The van der Waals surface area contributed by atoms with E-state index < -0.39 is 0 Å². The Hall–Kier alpha value is -0.870. The zero-order valence-electron chi connectivity index (χ0n) is 15.7. The van der Waals surface area contributed by atoms with Crippen molar-refractivity contribution in [3.63, 3.8) is 0 Å². The van der Waals surface area contributed by atoms with Crippen molar-refractivity contribution in [2.45, 2.75) is 85.4 Å². The highest BCUT2D eigenvalue weighted by atomic mass is 16.2. The Morgan fingerprint density at radius 1 is 1.27 bits per heavy atom. The lowest BCUT2D eigenvalue weighted by molar-refractivity contribution is -0.132. The molecule has 1 aliphatic heterocycles. The van der Waals surface area contributed by atoms with Crippen LogP contribution in [0, 0.1) is 0 Å². The molecule has 4 heteroatoms. The van der Waals surface area contributed by atoms with Gasteiger partial charge in [0.2, 0.25) is 5.91 Å². The van der Waals surface area contributed by atoms with Gasteiger partial charge >= 0.3 is 0 Å². The Kier molecular flexibility index (Phi) is 16.0. The summed E-state index contributed by atoms with van der Waals surface area (Å²) in [6.45, 7) is 17.6. The maximum absolute atomic E-state index is 12.0. The molecule has 0 spiro atoms. The summed E-state index contributed by atoms with van der Waals surface area (Å²) in [5.74, 6) is 0.249. The van der Waals surface area contributed by atoms with Crippen molar-refractivity contribution in [2.75, 3.05) is 13.1 Å². The summed E-state index contributed by atoms with van der Waals surface area (Å²) in [6, 6.07) is 0.912. The van der Waals surface area contributed by atoms with Crippen LogP contribution < -0.4 is 11.1 Å². The lowest BCUT2D eigenvalue weighted by Gasteiger charge is -2.30. The van der Waals surface area contributed by atoms with Crippen LogP contribution in [0.5, 0.6) is 0 Å². The molecule has 0 bridgehead atoms. The van der Waals surface area contributed by atoms with Gasteiger partial charge in [-0.2, -0.15) is 0 Å². The number of carbonyl (C=O) groups is 1. The van der Waals surface area contributed by atoms with Gasteiger partial charge in [-0.1, -0.05) is 47.6 Å². The van der Waals surface area contributed by atoms with E-state index in [0.29, 0.717) is 12.5 Å². The smallest absolute Gasteiger partial charge is 0.222 e. The van der Waals surface area contributed by atoms with Crippen molar-refractivity contribution in [2.24, 2.45) is 5.73 Å². The highest BCUT2D eigenvalue weighted by Gasteiger charge is 2.20. The number of likely N-dealkylation sites (tertiary alicyclic amines) is 1. The number of nitrogens with one attached hydrogen (secondary N) is 1. The fourth-order valence-corrected chi connectivity index (χ4v) is 2.28. The molecule has 1 heterocycles. The molecule has 0 aliphatic carbocycles. The summed E-state index contributed by atoms with van der Waals surface area (Å²) in [7, 11) is 0. The van der Waals surface area contributed by atoms with Gasteiger partial charge in [-0.25, -0.2) is 0 Å². The number of hydrogen-bond donors (Lipinski definition) is 2. The number of nitrogens with two attached hydrogens (primary N) is 1. The van der Waals surface area contributed by atoms with Gasteiger partial charge in [-0.05, 0) is 19.3 Å². The molecule has 1 unspecified atom stereocenters. The van der Waals surface area contributed by atoms with Gasteiger partial charge < -0.3 is 16.0 Å². The first-order valence-corrected chi connectivity index (χ1v) is 8.95. The minimum Gasteiger partial charge on any atom is -0.343 e. The van der Waals surface area contributed by atoms with Crippen molar-refractivity contribution in [3.05, 3.63) is 12.7 Å². The third kappa shape index (κ3) is 10.8. The molecule has 0 radical (unpaired) electrons. The summed E-state index contributed by atoms with van der Waals surface area (Å²) in [5.41, 5.74) is 5.83. The van der Waals surface area contributed by atoms with Crippen LogP contribution in [-0.4, -0.2) is 42.0 Å². The van der Waals surface area contributed by atoms with E-state index in [1.54, 1.807) is 0 Å². The molecule has 1 rings (SSSR count). The molecule has 1 amide bonds. The molecule has 1 aliphatic rings. The highest BCUT2D eigenvalue weighted by molar-refractivity contribution is 5.76. The predicted octanol–water partition coefficient (Wildman–Crippen LogP) is 3.32. The molecule has 0 aromatic heterocycles. The zero-order valence-corrected chi connectivity index (χ0v) is 15.7. The molecule has 132 valence electrons. The normalized spacial score (nSPS) is 16.1. The van der Waals surface area contributed by atoms with Gasteiger partial charge in [0.25, 0.3) is 0 Å². The average molecular weight is 314 g/mol. The van der Waals surface area contributed by atoms with Crippen LogP contribution >= 0.6 is 0 Å². The summed E-state index contributed by atoms with van der Waals surface area (Å²) in [4.78, 5) is 14.0. The van der Waals surface area contributed by atoms with Crippen LogP contribution in [0.1, 0.15) is 67.2 Å². The number of piperidine rings is 1. The number of carbonyl (C=O) groups excluding carboxylic acids is 1. The van der Waals surface area contributed by atoms with Crippen molar-refractivity contribution in [1.82, 2.24) is 10.2 Å². The second-order valence-electron chi connectivity index (χ2n) is 5.42. The fourth-order valence-electron chi connectivity index (χ4n) is 2.28. The first-order valence-electron chi connectivity index (χ1n) is 8.95. The van der Waals surface area contributed by atoms with Crippen LogP contribution in [0.2, 0.25) is 0 Å². The van der Waals surface area contributed by atoms with Crippen LogP contribution in [0.4, 0.5) is 0 Å². The van der Waals surface area contributed by atoms with E-state index >= 15 is 0 Å². The van der Waals surface area contributed by atoms with E-state index in [1.807, 2.05) is 38.7 Å². The maximum Gasteiger partial charge on any atom is 0.222 e. The summed E-state index contributed by atoms with van der Waals surface area (Å²) < 4.78 is 0. The molecule has 22 heavy (non-hydrogen) atoms. The third-order valence-electron chi connectivity index (χ3n) is 3.39. The Morgan fingerprint density at radius 3 is 2.18 bits per heavy atom. The van der Waals surface area contributed by atoms with E-state index in [9.17, 15) is 4.79 Å². The largest absolute Gasteiger partial charge is 0.343 e. The lowest BCUT2D eigenvalue weighted by atomic mass is 10.0. The van der Waals surface area contributed by atoms with Crippen LogP contribution in [0.25, 0.3) is 0 Å². The molecule has 1 fully saturated rings. The topological polar surface area (TPSA) is 58.4 Å². The number of rotatable bonds is 6. The summed E-state index contributed by atoms with van der Waals surface area (Å²) >= 11 is 0. The minimum absolute atomic E-state index is 0.223. The van der Waals surface area contributed by atoms with Crippen molar-refractivity contribution < 1.29 is 4.79 Å². The third-order valence-corrected chi connectivity index (χ3v) is 3.39. The zero-order chi connectivity index (χ0) is 17.5. The second kappa shape index (κ2) is 15.0. The van der Waals surface area contributed by atoms with Gasteiger partial charge in [0, 0.05) is 37.6 Å². The van der Waals surface area contributed by atoms with E-state index in [-0.39, 0.29) is 18.0 Å². The SMILES string of the molecule is C=CC(CCC(=O)N1CCC(N)CC1)NC(C)C.CC.CC. The van der Waals surface area contributed by atoms with Crippen molar-refractivity contribution in [3.8, 4) is 0 Å². The molecule has 4 nitrogen and oxygen atoms in total. The summed E-state index contributed by atoms with van der Waals surface area (Å²) in [5, 5.41) is 3.39. The van der Waals surface area contributed by atoms with Gasteiger partial charge in [-0.15, -0.1) is 6.58 Å². The first-order chi connectivity index (χ1) is 10.5. The maximum atomic E-state index is 12.0. The molecule has 1 saturated heterocycles. The van der Waals surface area contributed by atoms with Crippen LogP contribution in [0.15, 0.2) is 12.7 Å². The molecule has 0 saturated carbocycles.